The second-order valence-electron chi connectivity index (χ2n) is 6.82. The molecule has 0 radical (unpaired) electrons. The van der Waals surface area contributed by atoms with Crippen LogP contribution in [0.5, 0.6) is 0 Å². The van der Waals surface area contributed by atoms with Crippen molar-refractivity contribution in [3.05, 3.63) is 22.5 Å². The Morgan fingerprint density at radius 2 is 2.04 bits per heavy atom. The fraction of sp³-hybridized carbons (Fsp3) is 0.600. The number of nitrogens with two attached hydrogens (primary N) is 1. The lowest BCUT2D eigenvalue weighted by Crippen LogP contribution is -2.55. The van der Waals surface area contributed by atoms with Gasteiger partial charge in [0.25, 0.3) is 10.1 Å². The molecule has 10 heteroatoms. The first-order valence-electron chi connectivity index (χ1n) is 7.86. The molecule has 4 aliphatic rings. The van der Waals surface area contributed by atoms with Gasteiger partial charge in [0, 0.05) is 30.8 Å². The Kier molecular flexibility index (Phi) is 3.28. The first kappa shape index (κ1) is 16.7. The Hall–Kier alpha value is -1.75. The van der Waals surface area contributed by atoms with Crippen LogP contribution in [0.15, 0.2) is 22.5 Å². The summed E-state index contributed by atoms with van der Waals surface area (Å²) in [5.41, 5.74) is 5.34. The van der Waals surface area contributed by atoms with E-state index in [1.165, 1.54) is 14.0 Å². The average molecular weight is 369 g/mol. The molecule has 0 aromatic heterocycles. The monoisotopic (exact) mass is 369 g/mol. The molecule has 3 aliphatic heterocycles. The Balaban J connectivity index is 1.85. The number of carbonyl (C=O) groups excluding carboxylic acids is 2. The Labute approximate surface area is 144 Å². The van der Waals surface area contributed by atoms with Crippen molar-refractivity contribution in [2.45, 2.75) is 24.7 Å². The van der Waals surface area contributed by atoms with Crippen LogP contribution >= 0.6 is 0 Å². The predicted molar refractivity (Wildman–Crippen MR) is 85.4 cm³/mol. The van der Waals surface area contributed by atoms with Crippen LogP contribution in [0.25, 0.3) is 0 Å². The van der Waals surface area contributed by atoms with Crippen LogP contribution in [-0.2, 0) is 28.6 Å². The van der Waals surface area contributed by atoms with E-state index in [1.54, 1.807) is 4.90 Å². The molecule has 3 heterocycles. The fourth-order valence-electron chi connectivity index (χ4n) is 4.34. The first-order valence-corrected chi connectivity index (χ1v) is 9.68. The zero-order chi connectivity index (χ0) is 18.3. The summed E-state index contributed by atoms with van der Waals surface area (Å²) in [6, 6.07) is 0.0135. The van der Waals surface area contributed by atoms with E-state index >= 15 is 0 Å². The van der Waals surface area contributed by atoms with Crippen LogP contribution in [0.2, 0.25) is 0 Å². The molecule has 0 amide bonds. The van der Waals surface area contributed by atoms with E-state index in [0.717, 1.165) is 6.26 Å². The number of ether oxygens (including phenoxy) is 1. The summed E-state index contributed by atoms with van der Waals surface area (Å²) in [6.45, 7) is 1.72. The van der Waals surface area contributed by atoms with E-state index in [-0.39, 0.29) is 47.0 Å². The number of methoxy groups -OCH3 is 1. The number of carbonyl (C=O) groups is 2. The quantitative estimate of drug-likeness (QED) is 0.335. The summed E-state index contributed by atoms with van der Waals surface area (Å²) < 4.78 is 33.8. The SMILES string of the molecule is CO[C@@]12[C@H](COS(C)(=O)=O)C3=C(C(=O)C(C)=C(N)C3=O)N1C[C@@H]1N[C@@H]12. The van der Waals surface area contributed by atoms with Crippen molar-refractivity contribution in [2.24, 2.45) is 11.7 Å². The molecule has 0 aromatic carbocycles. The van der Waals surface area contributed by atoms with Crippen molar-refractivity contribution in [3.63, 3.8) is 0 Å². The van der Waals surface area contributed by atoms with Crippen LogP contribution in [0.3, 0.4) is 0 Å². The van der Waals surface area contributed by atoms with Crippen molar-refractivity contribution < 1.29 is 26.9 Å². The summed E-state index contributed by atoms with van der Waals surface area (Å²) in [4.78, 5) is 27.4. The van der Waals surface area contributed by atoms with Gasteiger partial charge in [-0.1, -0.05) is 0 Å². The van der Waals surface area contributed by atoms with Crippen molar-refractivity contribution in [3.8, 4) is 0 Å². The molecule has 0 saturated carbocycles. The number of hydrogen-bond acceptors (Lipinski definition) is 9. The van der Waals surface area contributed by atoms with Crippen molar-refractivity contribution in [1.82, 2.24) is 10.2 Å². The van der Waals surface area contributed by atoms with Gasteiger partial charge in [-0.2, -0.15) is 8.42 Å². The van der Waals surface area contributed by atoms with Crippen molar-refractivity contribution >= 4 is 21.7 Å². The van der Waals surface area contributed by atoms with Gasteiger partial charge < -0.3 is 20.7 Å². The van der Waals surface area contributed by atoms with Crippen LogP contribution in [0.1, 0.15) is 6.92 Å². The number of rotatable bonds is 4. The highest BCUT2D eigenvalue weighted by Crippen LogP contribution is 2.55. The maximum atomic E-state index is 12.8. The molecular weight excluding hydrogens is 350 g/mol. The highest BCUT2D eigenvalue weighted by Gasteiger charge is 2.72. The number of hydrogen-bond donors (Lipinski definition) is 2. The number of fused-ring (bicyclic) bond motifs is 4. The molecule has 4 atom stereocenters. The zero-order valence-corrected chi connectivity index (χ0v) is 14.8. The molecule has 1 aliphatic carbocycles. The van der Waals surface area contributed by atoms with Gasteiger partial charge in [0.15, 0.2) is 5.72 Å². The number of allylic oxidation sites excluding steroid dienone is 2. The maximum Gasteiger partial charge on any atom is 0.264 e. The number of nitrogens with one attached hydrogen (secondary N) is 1. The molecule has 2 saturated heterocycles. The Morgan fingerprint density at radius 3 is 2.64 bits per heavy atom. The van der Waals surface area contributed by atoms with Crippen LogP contribution in [0.4, 0.5) is 0 Å². The molecule has 136 valence electrons. The highest BCUT2D eigenvalue weighted by atomic mass is 32.2. The smallest absolute Gasteiger partial charge is 0.264 e. The molecule has 9 nitrogen and oxygen atoms in total. The molecule has 0 spiro atoms. The van der Waals surface area contributed by atoms with Crippen LogP contribution in [0, 0.1) is 5.92 Å². The van der Waals surface area contributed by atoms with Crippen molar-refractivity contribution in [1.29, 1.82) is 0 Å². The number of Topliss-reactive ketones (excluding diaryl/α,β-unsaturated/α-hetero) is 2. The van der Waals surface area contributed by atoms with Gasteiger partial charge in [-0.15, -0.1) is 0 Å². The van der Waals surface area contributed by atoms with Gasteiger partial charge in [0.1, 0.15) is 0 Å². The largest absolute Gasteiger partial charge is 0.395 e. The molecule has 0 unspecified atom stereocenters. The van der Waals surface area contributed by atoms with Crippen molar-refractivity contribution in [2.75, 3.05) is 26.5 Å². The number of piperazine rings is 1. The van der Waals surface area contributed by atoms with E-state index in [0.29, 0.717) is 6.54 Å². The standard InChI is InChI=1S/C15H19N3O6S/c1-6-10(16)13(20)9-7(5-24-25(3,21)22)15(23-2)14-8(17-14)4-18(15)11(9)12(6)19/h7-8,14,17H,4-5,16H2,1-3H3/t7-,8+,14+,15-/m1/s1. The highest BCUT2D eigenvalue weighted by molar-refractivity contribution is 7.85. The van der Waals surface area contributed by atoms with Gasteiger partial charge in [0.2, 0.25) is 11.6 Å². The second-order valence-corrected chi connectivity index (χ2v) is 8.46. The minimum atomic E-state index is -3.73. The predicted octanol–water partition coefficient (Wildman–Crippen LogP) is -1.77. The van der Waals surface area contributed by atoms with Gasteiger partial charge in [-0.05, 0) is 6.92 Å². The third-order valence-corrected chi connectivity index (χ3v) is 6.10. The first-order chi connectivity index (χ1) is 11.6. The molecule has 25 heavy (non-hydrogen) atoms. The summed E-state index contributed by atoms with van der Waals surface area (Å²) in [5.74, 6) is -1.52. The van der Waals surface area contributed by atoms with E-state index in [4.69, 9.17) is 14.7 Å². The average Bonchev–Trinajstić information content (AvgIpc) is 3.15. The van der Waals surface area contributed by atoms with Gasteiger partial charge in [-0.3, -0.25) is 13.8 Å². The molecule has 2 fully saturated rings. The van der Waals surface area contributed by atoms with E-state index in [2.05, 4.69) is 5.32 Å². The minimum Gasteiger partial charge on any atom is -0.395 e. The van der Waals surface area contributed by atoms with E-state index in [9.17, 15) is 18.0 Å². The lowest BCUT2D eigenvalue weighted by atomic mass is 9.82. The zero-order valence-electron chi connectivity index (χ0n) is 14.0. The topological polar surface area (TPSA) is 138 Å². The summed E-state index contributed by atoms with van der Waals surface area (Å²) in [7, 11) is -2.24. The molecule has 3 N–H and O–H groups in total. The summed E-state index contributed by atoms with van der Waals surface area (Å²) in [5, 5.41) is 3.25. The number of ketones is 2. The summed E-state index contributed by atoms with van der Waals surface area (Å²) >= 11 is 0. The van der Waals surface area contributed by atoms with E-state index < -0.39 is 27.5 Å². The van der Waals surface area contributed by atoms with Gasteiger partial charge in [-0.25, -0.2) is 0 Å². The molecule has 0 aromatic rings. The van der Waals surface area contributed by atoms with Gasteiger partial charge in [0.05, 0.1) is 36.2 Å². The summed E-state index contributed by atoms with van der Waals surface area (Å²) in [6.07, 6.45) is 0.938. The van der Waals surface area contributed by atoms with Crippen LogP contribution < -0.4 is 11.1 Å². The Bertz CT molecular complexity index is 876. The molecular formula is C15H19N3O6S. The normalized spacial score (nSPS) is 36.8. The molecule has 4 rings (SSSR count). The number of nitrogens with zero attached hydrogens (tertiary/aromatic N) is 1. The fourth-order valence-corrected chi connectivity index (χ4v) is 4.72. The molecule has 0 bridgehead atoms. The third-order valence-electron chi connectivity index (χ3n) is 5.53. The van der Waals surface area contributed by atoms with Crippen LogP contribution in [-0.4, -0.2) is 69.2 Å². The second kappa shape index (κ2) is 4.91. The maximum absolute atomic E-state index is 12.8. The minimum absolute atomic E-state index is 0.110. The lowest BCUT2D eigenvalue weighted by molar-refractivity contribution is -0.135. The van der Waals surface area contributed by atoms with Gasteiger partial charge >= 0.3 is 0 Å². The van der Waals surface area contributed by atoms with E-state index in [1.807, 2.05) is 0 Å². The third kappa shape index (κ3) is 2.02. The Morgan fingerprint density at radius 1 is 1.36 bits per heavy atom. The lowest BCUT2D eigenvalue weighted by Gasteiger charge is -2.39.